The van der Waals surface area contributed by atoms with Crippen molar-refractivity contribution in [2.45, 2.75) is 37.5 Å². The highest BCUT2D eigenvalue weighted by Crippen LogP contribution is 2.34. The number of alkyl halides is 1. The number of allylic oxidation sites excluding steroid dienone is 2. The largest absolute Gasteiger partial charge is 0.482 e. The monoisotopic (exact) mass is 348 g/mol. The topological polar surface area (TPSA) is 68.8 Å². The molecule has 8 heteroatoms. The molecule has 2 N–H and O–H groups in total. The molecule has 0 spiro atoms. The van der Waals surface area contributed by atoms with Crippen molar-refractivity contribution in [1.29, 1.82) is 0 Å². The molecule has 130 valence electrons. The van der Waals surface area contributed by atoms with Crippen LogP contribution >= 0.6 is 11.6 Å². The molecule has 2 aliphatic heterocycles. The SMILES string of the molecule is CC(C)(C)OC(=O)COC1=CC(F)=CNC1(Cl)C1CNCCO1. The molecule has 2 aliphatic rings. The van der Waals surface area contributed by atoms with E-state index in [9.17, 15) is 9.18 Å². The third-order valence-electron chi connectivity index (χ3n) is 3.18. The van der Waals surface area contributed by atoms with Crippen LogP contribution in [0.4, 0.5) is 4.39 Å². The second kappa shape index (κ2) is 7.07. The number of rotatable bonds is 4. The molecule has 1 fully saturated rings. The number of nitrogens with one attached hydrogen (secondary N) is 2. The second-order valence-electron chi connectivity index (χ2n) is 6.33. The fourth-order valence-electron chi connectivity index (χ4n) is 2.24. The van der Waals surface area contributed by atoms with Crippen molar-refractivity contribution in [3.63, 3.8) is 0 Å². The molecular formula is C15H22ClFN2O4. The molecule has 0 aromatic rings. The third-order valence-corrected chi connectivity index (χ3v) is 3.72. The number of morpholine rings is 1. The highest BCUT2D eigenvalue weighted by Gasteiger charge is 2.45. The Hall–Kier alpha value is -1.31. The average molecular weight is 349 g/mol. The number of carbonyl (C=O) groups is 1. The van der Waals surface area contributed by atoms with Gasteiger partial charge in [0.25, 0.3) is 0 Å². The van der Waals surface area contributed by atoms with Crippen molar-refractivity contribution < 1.29 is 23.4 Å². The van der Waals surface area contributed by atoms with Gasteiger partial charge in [-0.3, -0.25) is 0 Å². The van der Waals surface area contributed by atoms with Crippen molar-refractivity contribution >= 4 is 17.6 Å². The van der Waals surface area contributed by atoms with Crippen molar-refractivity contribution in [2.24, 2.45) is 0 Å². The lowest BCUT2D eigenvalue weighted by Gasteiger charge is -2.40. The number of halogens is 2. The van der Waals surface area contributed by atoms with Crippen LogP contribution in [0, 0.1) is 0 Å². The summed E-state index contributed by atoms with van der Waals surface area (Å²) in [5, 5.41) is 5.90. The highest BCUT2D eigenvalue weighted by molar-refractivity contribution is 6.26. The van der Waals surface area contributed by atoms with Gasteiger partial charge in [0, 0.05) is 25.4 Å². The highest BCUT2D eigenvalue weighted by atomic mass is 35.5. The van der Waals surface area contributed by atoms with Crippen LogP contribution in [0.15, 0.2) is 23.9 Å². The second-order valence-corrected chi connectivity index (χ2v) is 6.93. The first-order valence-electron chi connectivity index (χ1n) is 7.42. The van der Waals surface area contributed by atoms with Crippen LogP contribution in [0.25, 0.3) is 0 Å². The van der Waals surface area contributed by atoms with Gasteiger partial charge in [0.2, 0.25) is 0 Å². The van der Waals surface area contributed by atoms with Gasteiger partial charge in [-0.1, -0.05) is 11.6 Å². The molecule has 0 aromatic carbocycles. The van der Waals surface area contributed by atoms with Crippen LogP contribution < -0.4 is 10.6 Å². The molecule has 0 bridgehead atoms. The molecule has 2 unspecified atom stereocenters. The van der Waals surface area contributed by atoms with Crippen LogP contribution in [0.2, 0.25) is 0 Å². The summed E-state index contributed by atoms with van der Waals surface area (Å²) < 4.78 is 29.8. The normalized spacial score (nSPS) is 28.3. The number of carbonyl (C=O) groups excluding carboxylic acids is 1. The van der Waals surface area contributed by atoms with Crippen LogP contribution in [0.5, 0.6) is 0 Å². The molecule has 0 amide bonds. The number of dihydropyridines is 1. The Morgan fingerprint density at radius 2 is 2.30 bits per heavy atom. The lowest BCUT2D eigenvalue weighted by atomic mass is 10.0. The van der Waals surface area contributed by atoms with Crippen molar-refractivity contribution in [3.8, 4) is 0 Å². The Bertz CT molecular complexity index is 512. The molecule has 0 saturated carbocycles. The van der Waals surface area contributed by atoms with Crippen LogP contribution in [0.3, 0.4) is 0 Å². The summed E-state index contributed by atoms with van der Waals surface area (Å²) >= 11 is 6.57. The summed E-state index contributed by atoms with van der Waals surface area (Å²) in [7, 11) is 0. The van der Waals surface area contributed by atoms with Gasteiger partial charge in [-0.15, -0.1) is 0 Å². The summed E-state index contributed by atoms with van der Waals surface area (Å²) in [6.07, 6.45) is 1.81. The van der Waals surface area contributed by atoms with E-state index in [0.29, 0.717) is 19.7 Å². The number of hydrogen-bond acceptors (Lipinski definition) is 6. The Balaban J connectivity index is 2.05. The molecule has 0 aliphatic carbocycles. The van der Waals surface area contributed by atoms with Crippen LogP contribution in [-0.4, -0.2) is 49.0 Å². The molecule has 2 heterocycles. The minimum absolute atomic E-state index is 0.0822. The maximum Gasteiger partial charge on any atom is 0.344 e. The maximum absolute atomic E-state index is 13.6. The van der Waals surface area contributed by atoms with Gasteiger partial charge in [-0.05, 0) is 20.8 Å². The van der Waals surface area contributed by atoms with E-state index in [2.05, 4.69) is 10.6 Å². The van der Waals surface area contributed by atoms with Crippen LogP contribution in [0.1, 0.15) is 20.8 Å². The number of hydrogen-bond donors (Lipinski definition) is 2. The predicted octanol–water partition coefficient (Wildman–Crippen LogP) is 1.57. The van der Waals surface area contributed by atoms with Gasteiger partial charge in [0.15, 0.2) is 11.6 Å². The molecular weight excluding hydrogens is 327 g/mol. The summed E-state index contributed by atoms with van der Waals surface area (Å²) in [6.45, 7) is 6.55. The number of esters is 1. The van der Waals surface area contributed by atoms with E-state index >= 15 is 0 Å². The molecule has 1 saturated heterocycles. The zero-order valence-electron chi connectivity index (χ0n) is 13.4. The minimum Gasteiger partial charge on any atom is -0.482 e. The Morgan fingerprint density at radius 3 is 2.91 bits per heavy atom. The minimum atomic E-state index is -1.29. The van der Waals surface area contributed by atoms with E-state index in [1.165, 1.54) is 0 Å². The molecule has 6 nitrogen and oxygen atoms in total. The van der Waals surface area contributed by atoms with E-state index in [1.807, 2.05) is 0 Å². The van der Waals surface area contributed by atoms with Crippen molar-refractivity contribution in [3.05, 3.63) is 23.9 Å². The van der Waals surface area contributed by atoms with Gasteiger partial charge in [0.1, 0.15) is 23.3 Å². The first-order chi connectivity index (χ1) is 10.7. The first kappa shape index (κ1) is 18.0. The smallest absolute Gasteiger partial charge is 0.344 e. The zero-order valence-corrected chi connectivity index (χ0v) is 14.2. The maximum atomic E-state index is 13.6. The third kappa shape index (κ3) is 4.83. The molecule has 0 radical (unpaired) electrons. The van der Waals surface area contributed by atoms with Crippen molar-refractivity contribution in [1.82, 2.24) is 10.6 Å². The number of ether oxygens (including phenoxy) is 3. The lowest BCUT2D eigenvalue weighted by molar-refractivity contribution is -0.159. The van der Waals surface area contributed by atoms with E-state index in [-0.39, 0.29) is 12.4 Å². The van der Waals surface area contributed by atoms with E-state index < -0.39 is 28.5 Å². The standard InChI is InChI=1S/C15H22ClFN2O4/c1-14(2,3)23-13(20)9-22-11-6-10(17)7-19-15(11,16)12-8-18-4-5-21-12/h6-7,12,18-19H,4-5,8-9H2,1-3H3. The summed E-state index contributed by atoms with van der Waals surface area (Å²) in [6, 6.07) is 0. The van der Waals surface area contributed by atoms with Gasteiger partial charge in [0.05, 0.1) is 6.61 Å². The Labute approximate surface area is 140 Å². The van der Waals surface area contributed by atoms with Gasteiger partial charge >= 0.3 is 5.97 Å². The molecule has 23 heavy (non-hydrogen) atoms. The predicted molar refractivity (Wildman–Crippen MR) is 83.4 cm³/mol. The molecule has 2 atom stereocenters. The first-order valence-corrected chi connectivity index (χ1v) is 7.80. The molecule has 0 aromatic heterocycles. The fraction of sp³-hybridized carbons (Fsp3) is 0.667. The van der Waals surface area contributed by atoms with Gasteiger partial charge < -0.3 is 24.8 Å². The van der Waals surface area contributed by atoms with Gasteiger partial charge in [-0.25, -0.2) is 9.18 Å². The fourth-order valence-corrected chi connectivity index (χ4v) is 2.55. The van der Waals surface area contributed by atoms with Crippen molar-refractivity contribution in [2.75, 3.05) is 26.3 Å². The lowest BCUT2D eigenvalue weighted by Crippen LogP contribution is -2.58. The van der Waals surface area contributed by atoms with E-state index in [4.69, 9.17) is 25.8 Å². The Kier molecular flexibility index (Phi) is 5.54. The zero-order chi connectivity index (χ0) is 17.1. The molecule has 2 rings (SSSR count). The van der Waals surface area contributed by atoms with E-state index in [1.54, 1.807) is 20.8 Å². The summed E-state index contributed by atoms with van der Waals surface area (Å²) in [5.74, 6) is -1.03. The average Bonchev–Trinajstić information content (AvgIpc) is 2.47. The summed E-state index contributed by atoms with van der Waals surface area (Å²) in [4.78, 5) is 10.5. The Morgan fingerprint density at radius 1 is 1.57 bits per heavy atom. The van der Waals surface area contributed by atoms with Crippen LogP contribution in [-0.2, 0) is 19.0 Å². The summed E-state index contributed by atoms with van der Waals surface area (Å²) in [5.41, 5.74) is -0.626. The van der Waals surface area contributed by atoms with Gasteiger partial charge in [-0.2, -0.15) is 0 Å². The quantitative estimate of drug-likeness (QED) is 0.456. The van der Waals surface area contributed by atoms with E-state index in [0.717, 1.165) is 12.3 Å².